The van der Waals surface area contributed by atoms with E-state index in [1.165, 1.54) is 23.9 Å². The van der Waals surface area contributed by atoms with E-state index in [1.54, 1.807) is 30.3 Å². The summed E-state index contributed by atoms with van der Waals surface area (Å²) >= 11 is 1.24. The Hall–Kier alpha value is -3.58. The van der Waals surface area contributed by atoms with Crippen LogP contribution in [-0.4, -0.2) is 17.0 Å². The second-order valence-corrected chi connectivity index (χ2v) is 7.93. The molecule has 7 heteroatoms. The maximum absolute atomic E-state index is 12.3. The van der Waals surface area contributed by atoms with Crippen LogP contribution < -0.4 is 10.4 Å². The number of amides is 1. The Morgan fingerprint density at radius 3 is 2.60 bits per heavy atom. The van der Waals surface area contributed by atoms with Gasteiger partial charge in [0.1, 0.15) is 11.5 Å². The molecule has 0 radical (unpaired) electrons. The molecule has 3 aromatic rings. The summed E-state index contributed by atoms with van der Waals surface area (Å²) < 4.78 is 5.78. The van der Waals surface area contributed by atoms with Gasteiger partial charge in [-0.2, -0.15) is 0 Å². The number of amidine groups is 1. The molecule has 0 bridgehead atoms. The number of rotatable bonds is 4. The Kier molecular flexibility index (Phi) is 5.29. The van der Waals surface area contributed by atoms with E-state index in [0.29, 0.717) is 27.2 Å². The normalized spacial score (nSPS) is 16.3. The molecular formula is C23H17N2O4S-. The quantitative estimate of drug-likeness (QED) is 0.651. The van der Waals surface area contributed by atoms with Crippen molar-refractivity contribution in [2.45, 2.75) is 13.8 Å². The van der Waals surface area contributed by atoms with Crippen LogP contribution in [0.25, 0.3) is 17.4 Å². The molecule has 2 heterocycles. The summed E-state index contributed by atoms with van der Waals surface area (Å²) in [4.78, 5) is 28.3. The fourth-order valence-electron chi connectivity index (χ4n) is 3.13. The number of hydrogen-bond donors (Lipinski definition) is 1. The number of carbonyl (C=O) groups is 2. The molecule has 4 rings (SSSR count). The second-order valence-electron chi connectivity index (χ2n) is 6.90. The van der Waals surface area contributed by atoms with Gasteiger partial charge in [-0.05, 0) is 72.6 Å². The summed E-state index contributed by atoms with van der Waals surface area (Å²) in [5.41, 5.74) is 3.67. The average molecular weight is 417 g/mol. The molecule has 1 N–H and O–H groups in total. The lowest BCUT2D eigenvalue weighted by Gasteiger charge is -2.03. The number of nitrogens with one attached hydrogen (secondary N) is 1. The van der Waals surface area contributed by atoms with Gasteiger partial charge in [-0.15, -0.1) is 0 Å². The topological polar surface area (TPSA) is 94.7 Å². The van der Waals surface area contributed by atoms with Crippen molar-refractivity contribution in [3.63, 3.8) is 0 Å². The zero-order chi connectivity index (χ0) is 21.3. The molecule has 0 spiro atoms. The zero-order valence-electron chi connectivity index (χ0n) is 16.3. The number of furan rings is 1. The molecule has 1 fully saturated rings. The van der Waals surface area contributed by atoms with Crippen molar-refractivity contribution in [3.05, 3.63) is 82.0 Å². The van der Waals surface area contributed by atoms with Crippen LogP contribution in [0.4, 0.5) is 5.69 Å². The van der Waals surface area contributed by atoms with Gasteiger partial charge in [0.2, 0.25) is 0 Å². The predicted octanol–water partition coefficient (Wildman–Crippen LogP) is 3.82. The summed E-state index contributed by atoms with van der Waals surface area (Å²) in [6.45, 7) is 4.00. The molecule has 0 unspecified atom stereocenters. The molecule has 150 valence electrons. The van der Waals surface area contributed by atoms with E-state index < -0.39 is 5.97 Å². The standard InChI is InChI=1S/C23H18N2O4S/c1-13-8-14(2)10-17(9-13)24-23-25-21(26)20(30-23)12-18-6-7-19(29-18)15-4-3-5-16(11-15)22(27)28/h3-12H,1-2H3,(H,27,28)(H,24,25,26)/p-1/b20-12-. The fourth-order valence-corrected chi connectivity index (χ4v) is 3.95. The molecule has 1 aromatic heterocycles. The van der Waals surface area contributed by atoms with E-state index in [1.807, 2.05) is 26.0 Å². The fraction of sp³-hybridized carbons (Fsp3) is 0.0870. The lowest BCUT2D eigenvalue weighted by atomic mass is 10.1. The highest BCUT2D eigenvalue weighted by Gasteiger charge is 2.24. The average Bonchev–Trinajstić information content (AvgIpc) is 3.28. The van der Waals surface area contributed by atoms with Crippen LogP contribution in [0.3, 0.4) is 0 Å². The van der Waals surface area contributed by atoms with Gasteiger partial charge in [0.15, 0.2) is 5.17 Å². The Morgan fingerprint density at radius 1 is 1.10 bits per heavy atom. The van der Waals surface area contributed by atoms with E-state index in [9.17, 15) is 14.7 Å². The van der Waals surface area contributed by atoms with Crippen LogP contribution in [0.15, 0.2) is 68.9 Å². The smallest absolute Gasteiger partial charge is 0.264 e. The Balaban J connectivity index is 1.56. The summed E-state index contributed by atoms with van der Waals surface area (Å²) in [5, 5.41) is 14.3. The minimum Gasteiger partial charge on any atom is -0.545 e. The molecule has 0 saturated carbocycles. The molecule has 30 heavy (non-hydrogen) atoms. The van der Waals surface area contributed by atoms with Crippen molar-refractivity contribution in [2.75, 3.05) is 0 Å². The summed E-state index contributed by atoms with van der Waals surface area (Å²) in [6, 6.07) is 15.7. The minimum absolute atomic E-state index is 0.0711. The maximum atomic E-state index is 12.3. The van der Waals surface area contributed by atoms with Gasteiger partial charge in [0.25, 0.3) is 5.91 Å². The lowest BCUT2D eigenvalue weighted by molar-refractivity contribution is -0.255. The molecule has 6 nitrogen and oxygen atoms in total. The molecule has 1 aliphatic rings. The molecule has 1 amide bonds. The van der Waals surface area contributed by atoms with Crippen LogP contribution in [0.5, 0.6) is 0 Å². The van der Waals surface area contributed by atoms with Crippen LogP contribution in [0.1, 0.15) is 27.2 Å². The first-order valence-corrected chi connectivity index (χ1v) is 9.98. The van der Waals surface area contributed by atoms with Gasteiger partial charge in [-0.3, -0.25) is 4.79 Å². The van der Waals surface area contributed by atoms with E-state index in [4.69, 9.17) is 4.42 Å². The third-order valence-corrected chi connectivity index (χ3v) is 5.28. The molecule has 1 aliphatic heterocycles. The number of nitrogens with zero attached hydrogens (tertiary/aromatic N) is 1. The largest absolute Gasteiger partial charge is 0.545 e. The van der Waals surface area contributed by atoms with E-state index >= 15 is 0 Å². The van der Waals surface area contributed by atoms with E-state index in [2.05, 4.69) is 16.4 Å². The molecular weight excluding hydrogens is 400 g/mol. The third kappa shape index (κ3) is 4.36. The Bertz CT molecular complexity index is 1200. The first kappa shape index (κ1) is 19.7. The minimum atomic E-state index is -1.25. The number of aromatic carboxylic acids is 1. The van der Waals surface area contributed by atoms with Gasteiger partial charge >= 0.3 is 0 Å². The number of thioether (sulfide) groups is 1. The Labute approximate surface area is 177 Å². The highest BCUT2D eigenvalue weighted by molar-refractivity contribution is 8.18. The third-order valence-electron chi connectivity index (χ3n) is 4.37. The van der Waals surface area contributed by atoms with Gasteiger partial charge < -0.3 is 19.6 Å². The molecule has 0 atom stereocenters. The predicted molar refractivity (Wildman–Crippen MR) is 115 cm³/mol. The highest BCUT2D eigenvalue weighted by Crippen LogP contribution is 2.30. The number of carbonyl (C=O) groups excluding carboxylic acids is 2. The first-order valence-electron chi connectivity index (χ1n) is 9.17. The molecule has 0 aliphatic carbocycles. The van der Waals surface area contributed by atoms with Crippen molar-refractivity contribution in [1.29, 1.82) is 0 Å². The summed E-state index contributed by atoms with van der Waals surface area (Å²) in [6.07, 6.45) is 1.64. The number of hydrogen-bond acceptors (Lipinski definition) is 6. The van der Waals surface area contributed by atoms with Gasteiger partial charge in [-0.1, -0.05) is 24.3 Å². The van der Waals surface area contributed by atoms with Crippen molar-refractivity contribution in [2.24, 2.45) is 4.99 Å². The van der Waals surface area contributed by atoms with Crippen LogP contribution >= 0.6 is 11.8 Å². The summed E-state index contributed by atoms with van der Waals surface area (Å²) in [5.74, 6) is -0.521. The molecule has 2 aromatic carbocycles. The van der Waals surface area contributed by atoms with Crippen LogP contribution in [-0.2, 0) is 4.79 Å². The number of benzene rings is 2. The number of aryl methyl sites for hydroxylation is 2. The van der Waals surface area contributed by atoms with E-state index in [0.717, 1.165) is 16.8 Å². The summed E-state index contributed by atoms with van der Waals surface area (Å²) in [7, 11) is 0. The highest BCUT2D eigenvalue weighted by atomic mass is 32.2. The van der Waals surface area contributed by atoms with E-state index in [-0.39, 0.29) is 11.5 Å². The van der Waals surface area contributed by atoms with Gasteiger partial charge in [0, 0.05) is 11.6 Å². The first-order chi connectivity index (χ1) is 14.4. The lowest BCUT2D eigenvalue weighted by Crippen LogP contribution is -2.22. The van der Waals surface area contributed by atoms with Crippen molar-refractivity contribution in [3.8, 4) is 11.3 Å². The Morgan fingerprint density at radius 2 is 1.87 bits per heavy atom. The molecule has 1 saturated heterocycles. The SMILES string of the molecule is Cc1cc(C)cc(N=C2NC(=O)/C(=C/c3ccc(-c4cccc(C(=O)[O-])c4)o3)S2)c1. The number of carboxylic acid groups (broad SMARTS) is 1. The van der Waals surface area contributed by atoms with Crippen LogP contribution in [0.2, 0.25) is 0 Å². The van der Waals surface area contributed by atoms with Gasteiger partial charge in [-0.25, -0.2) is 4.99 Å². The second kappa shape index (κ2) is 8.04. The van der Waals surface area contributed by atoms with Crippen molar-refractivity contribution < 1.29 is 19.1 Å². The van der Waals surface area contributed by atoms with Crippen molar-refractivity contribution in [1.82, 2.24) is 5.32 Å². The van der Waals surface area contributed by atoms with Gasteiger partial charge in [0.05, 0.1) is 16.6 Å². The monoisotopic (exact) mass is 417 g/mol. The van der Waals surface area contributed by atoms with Crippen molar-refractivity contribution >= 4 is 40.6 Å². The number of aliphatic imine (C=N–C) groups is 1. The zero-order valence-corrected chi connectivity index (χ0v) is 17.1. The number of carboxylic acids is 1. The maximum Gasteiger partial charge on any atom is 0.264 e. The van der Waals surface area contributed by atoms with Crippen LogP contribution in [0, 0.1) is 13.8 Å².